The summed E-state index contributed by atoms with van der Waals surface area (Å²) in [6, 6.07) is 8.06. The van der Waals surface area contributed by atoms with Crippen LogP contribution in [-0.2, 0) is 19.1 Å². The molecule has 0 spiro atoms. The van der Waals surface area contributed by atoms with Gasteiger partial charge >= 0.3 is 5.97 Å². The van der Waals surface area contributed by atoms with E-state index < -0.39 is 29.6 Å². The van der Waals surface area contributed by atoms with Gasteiger partial charge in [0.2, 0.25) is 11.8 Å². The van der Waals surface area contributed by atoms with Crippen LogP contribution in [-0.4, -0.2) is 58.9 Å². The normalized spacial score (nSPS) is 25.5. The first-order chi connectivity index (χ1) is 14.9. The first kappa shape index (κ1) is 24.2. The summed E-state index contributed by atoms with van der Waals surface area (Å²) in [4.78, 5) is 43.3. The maximum atomic E-state index is 13.8. The third kappa shape index (κ3) is 5.31. The molecule has 0 aliphatic carbocycles. The third-order valence-electron chi connectivity index (χ3n) is 6.31. The van der Waals surface area contributed by atoms with Gasteiger partial charge in [0.15, 0.2) is 0 Å². The number of nitrogens with two attached hydrogens (primary N) is 1. The second-order valence-corrected chi connectivity index (χ2v) is 10.8. The van der Waals surface area contributed by atoms with Crippen LogP contribution in [0.15, 0.2) is 30.3 Å². The Labute approximate surface area is 191 Å². The quantitative estimate of drug-likeness (QED) is 0.723. The number of carbonyl (C=O) groups excluding carboxylic acids is 3. The minimum Gasteiger partial charge on any atom is -0.458 e. The van der Waals surface area contributed by atoms with Crippen LogP contribution in [0.1, 0.15) is 65.5 Å². The summed E-state index contributed by atoms with van der Waals surface area (Å²) in [6.45, 7) is 10.9. The molecule has 3 rings (SSSR count). The van der Waals surface area contributed by atoms with E-state index in [1.165, 1.54) is 4.90 Å². The number of rotatable bonds is 4. The fourth-order valence-corrected chi connectivity index (χ4v) is 5.01. The molecule has 2 aliphatic heterocycles. The van der Waals surface area contributed by atoms with E-state index in [1.54, 1.807) is 20.8 Å². The van der Waals surface area contributed by atoms with Gasteiger partial charge in [-0.1, -0.05) is 44.2 Å². The monoisotopic (exact) mass is 443 g/mol. The molecule has 0 aromatic heterocycles. The zero-order chi connectivity index (χ0) is 23.7. The molecule has 0 saturated carbocycles. The number of benzene rings is 1. The minimum absolute atomic E-state index is 0.00694. The summed E-state index contributed by atoms with van der Waals surface area (Å²) in [5.41, 5.74) is 5.92. The van der Waals surface area contributed by atoms with E-state index in [0.29, 0.717) is 13.1 Å². The van der Waals surface area contributed by atoms with E-state index >= 15 is 0 Å². The lowest BCUT2D eigenvalue weighted by atomic mass is 9.83. The molecule has 2 N–H and O–H groups in total. The van der Waals surface area contributed by atoms with Gasteiger partial charge < -0.3 is 20.3 Å². The summed E-state index contributed by atoms with van der Waals surface area (Å²) >= 11 is 0. The van der Waals surface area contributed by atoms with Crippen LogP contribution in [0.3, 0.4) is 0 Å². The first-order valence-corrected chi connectivity index (χ1v) is 11.5. The lowest BCUT2D eigenvalue weighted by Gasteiger charge is -2.40. The fraction of sp³-hybridized carbons (Fsp3) is 0.640. The Kier molecular flexibility index (Phi) is 6.98. The molecule has 2 heterocycles. The van der Waals surface area contributed by atoms with Crippen molar-refractivity contribution >= 4 is 17.8 Å². The molecule has 176 valence electrons. The minimum atomic E-state index is -0.845. The Morgan fingerprint density at radius 2 is 1.81 bits per heavy atom. The molecular formula is C25H37N3O4. The van der Waals surface area contributed by atoms with Gasteiger partial charge in [0.05, 0.1) is 18.5 Å². The molecule has 1 aromatic carbocycles. The number of hydrogen-bond donors (Lipinski definition) is 1. The van der Waals surface area contributed by atoms with Crippen molar-refractivity contribution in [3.8, 4) is 0 Å². The number of amides is 2. The first-order valence-electron chi connectivity index (χ1n) is 11.5. The highest BCUT2D eigenvalue weighted by atomic mass is 16.6. The van der Waals surface area contributed by atoms with Crippen LogP contribution in [0.2, 0.25) is 0 Å². The van der Waals surface area contributed by atoms with Gasteiger partial charge in [0.1, 0.15) is 11.6 Å². The zero-order valence-electron chi connectivity index (χ0n) is 20.0. The van der Waals surface area contributed by atoms with Crippen LogP contribution < -0.4 is 5.73 Å². The van der Waals surface area contributed by atoms with Gasteiger partial charge in [0, 0.05) is 13.1 Å². The van der Waals surface area contributed by atoms with E-state index in [4.69, 9.17) is 10.5 Å². The van der Waals surface area contributed by atoms with Gasteiger partial charge in [-0.2, -0.15) is 0 Å². The van der Waals surface area contributed by atoms with Crippen molar-refractivity contribution in [1.82, 2.24) is 9.80 Å². The molecule has 7 heteroatoms. The molecule has 0 radical (unpaired) electrons. The lowest BCUT2D eigenvalue weighted by Crippen LogP contribution is -2.48. The second kappa shape index (κ2) is 9.22. The molecular weight excluding hydrogens is 406 g/mol. The molecule has 2 saturated heterocycles. The molecule has 3 atom stereocenters. The van der Waals surface area contributed by atoms with E-state index in [0.717, 1.165) is 18.4 Å². The fourth-order valence-electron chi connectivity index (χ4n) is 5.01. The predicted molar refractivity (Wildman–Crippen MR) is 122 cm³/mol. The zero-order valence-corrected chi connectivity index (χ0v) is 20.0. The maximum Gasteiger partial charge on any atom is 0.329 e. The van der Waals surface area contributed by atoms with Crippen molar-refractivity contribution in [2.75, 3.05) is 19.6 Å². The Hall–Kier alpha value is -2.41. The topological polar surface area (TPSA) is 92.9 Å². The molecule has 7 nitrogen and oxygen atoms in total. The van der Waals surface area contributed by atoms with Crippen molar-refractivity contribution in [2.24, 2.45) is 17.1 Å². The van der Waals surface area contributed by atoms with Crippen LogP contribution in [0.5, 0.6) is 0 Å². The number of piperidine rings is 1. The standard InChI is InChI=1S/C25H37N3O4/c1-24(2,3)32-23(31)19-14-18(22(30)27-13-9-12-25(4,5)16-27)21(28(19)20(29)15-26)17-10-7-6-8-11-17/h6-8,10-11,18-19,21H,9,12-16,26H2,1-5H3. The molecule has 2 amide bonds. The van der Waals surface area contributed by atoms with Gasteiger partial charge in [0.25, 0.3) is 0 Å². The average molecular weight is 444 g/mol. The van der Waals surface area contributed by atoms with Crippen molar-refractivity contribution in [3.05, 3.63) is 35.9 Å². The average Bonchev–Trinajstić information content (AvgIpc) is 3.12. The number of ether oxygens (including phenoxy) is 1. The number of hydrogen-bond acceptors (Lipinski definition) is 5. The Morgan fingerprint density at radius 1 is 1.16 bits per heavy atom. The van der Waals surface area contributed by atoms with Crippen LogP contribution in [0, 0.1) is 11.3 Å². The van der Waals surface area contributed by atoms with Crippen molar-refractivity contribution < 1.29 is 19.1 Å². The highest BCUT2D eigenvalue weighted by Gasteiger charge is 2.52. The van der Waals surface area contributed by atoms with Gasteiger partial charge in [-0.25, -0.2) is 4.79 Å². The number of esters is 1. The van der Waals surface area contributed by atoms with Crippen molar-refractivity contribution in [1.29, 1.82) is 0 Å². The van der Waals surface area contributed by atoms with Gasteiger partial charge in [-0.15, -0.1) is 0 Å². The lowest BCUT2D eigenvalue weighted by molar-refractivity contribution is -0.164. The highest BCUT2D eigenvalue weighted by Crippen LogP contribution is 2.43. The largest absolute Gasteiger partial charge is 0.458 e. The molecule has 1 aromatic rings. The molecule has 2 fully saturated rings. The maximum absolute atomic E-state index is 13.8. The number of carbonyl (C=O) groups is 3. The van der Waals surface area contributed by atoms with Crippen molar-refractivity contribution in [2.45, 2.75) is 71.6 Å². The highest BCUT2D eigenvalue weighted by molar-refractivity contribution is 5.90. The van der Waals surface area contributed by atoms with Crippen LogP contribution >= 0.6 is 0 Å². The summed E-state index contributed by atoms with van der Waals surface area (Å²) in [5, 5.41) is 0. The molecule has 2 aliphatic rings. The third-order valence-corrected chi connectivity index (χ3v) is 6.31. The van der Waals surface area contributed by atoms with E-state index in [2.05, 4.69) is 13.8 Å². The summed E-state index contributed by atoms with van der Waals surface area (Å²) in [6.07, 6.45) is 2.25. The smallest absolute Gasteiger partial charge is 0.329 e. The molecule has 32 heavy (non-hydrogen) atoms. The number of likely N-dealkylation sites (tertiary alicyclic amines) is 2. The Bertz CT molecular complexity index is 846. The number of nitrogens with zero attached hydrogens (tertiary/aromatic N) is 2. The molecule has 0 bridgehead atoms. The van der Waals surface area contributed by atoms with Crippen LogP contribution in [0.4, 0.5) is 0 Å². The van der Waals surface area contributed by atoms with E-state index in [-0.39, 0.29) is 30.2 Å². The SMILES string of the molecule is CC1(C)CCCN(C(=O)C2CC(C(=O)OC(C)(C)C)N(C(=O)CN)C2c2ccccc2)C1. The van der Waals surface area contributed by atoms with Crippen molar-refractivity contribution in [3.63, 3.8) is 0 Å². The Balaban J connectivity index is 2.01. The summed E-state index contributed by atoms with van der Waals surface area (Å²) in [7, 11) is 0. The van der Waals surface area contributed by atoms with Crippen LogP contribution in [0.25, 0.3) is 0 Å². The Morgan fingerprint density at radius 3 is 2.38 bits per heavy atom. The summed E-state index contributed by atoms with van der Waals surface area (Å²) in [5.74, 6) is -1.38. The van der Waals surface area contributed by atoms with E-state index in [1.807, 2.05) is 35.2 Å². The predicted octanol–water partition coefficient (Wildman–Crippen LogP) is 2.89. The van der Waals surface area contributed by atoms with E-state index in [9.17, 15) is 14.4 Å². The van der Waals surface area contributed by atoms with Gasteiger partial charge in [-0.3, -0.25) is 9.59 Å². The van der Waals surface area contributed by atoms with Gasteiger partial charge in [-0.05, 0) is 51.0 Å². The summed E-state index contributed by atoms with van der Waals surface area (Å²) < 4.78 is 5.64. The molecule has 3 unspecified atom stereocenters. The second-order valence-electron chi connectivity index (χ2n) is 10.8.